The number of ether oxygens (including phenoxy) is 1. The van der Waals surface area contributed by atoms with Crippen LogP contribution < -0.4 is 9.04 Å². The molecular weight excluding hydrogens is 310 g/mol. The van der Waals surface area contributed by atoms with Crippen molar-refractivity contribution in [3.63, 3.8) is 0 Å². The highest BCUT2D eigenvalue weighted by molar-refractivity contribution is 7.92. The van der Waals surface area contributed by atoms with Gasteiger partial charge in [-0.05, 0) is 49.2 Å². The van der Waals surface area contributed by atoms with Crippen molar-refractivity contribution in [3.05, 3.63) is 65.7 Å². The monoisotopic (exact) mass is 329 g/mol. The molecule has 0 saturated heterocycles. The molecule has 0 spiro atoms. The number of fused-ring (bicyclic) bond motifs is 1. The van der Waals surface area contributed by atoms with E-state index in [0.29, 0.717) is 23.5 Å². The Morgan fingerprint density at radius 3 is 2.48 bits per heavy atom. The Kier molecular flexibility index (Phi) is 4.13. The molecule has 1 heterocycles. The molecule has 4 nitrogen and oxygen atoms in total. The normalized spacial score (nSPS) is 14.3. The number of methoxy groups -OCH3 is 1. The molecule has 0 aliphatic carbocycles. The minimum Gasteiger partial charge on any atom is -0.497 e. The largest absolute Gasteiger partial charge is 0.497 e. The second kappa shape index (κ2) is 6.08. The van der Waals surface area contributed by atoms with Gasteiger partial charge in [0.05, 0.1) is 24.2 Å². The van der Waals surface area contributed by atoms with Crippen LogP contribution in [0.2, 0.25) is 0 Å². The lowest BCUT2D eigenvalue weighted by atomic mass is 10.1. The summed E-state index contributed by atoms with van der Waals surface area (Å²) in [5, 5.41) is 0. The molecule has 0 N–H and O–H groups in total. The maximum Gasteiger partial charge on any atom is 0.264 e. The zero-order valence-corrected chi connectivity index (χ0v) is 14.0. The summed E-state index contributed by atoms with van der Waals surface area (Å²) in [5.41, 5.74) is 2.68. The lowest BCUT2D eigenvalue weighted by Crippen LogP contribution is -2.31. The van der Waals surface area contributed by atoms with Crippen molar-refractivity contribution in [3.8, 4) is 5.75 Å². The van der Waals surface area contributed by atoms with E-state index >= 15 is 0 Å². The Morgan fingerprint density at radius 1 is 1.04 bits per heavy atom. The second-order valence-electron chi connectivity index (χ2n) is 5.52. The van der Waals surface area contributed by atoms with E-state index in [1.54, 1.807) is 25.3 Å². The van der Waals surface area contributed by atoms with E-state index in [4.69, 9.17) is 4.74 Å². The Hall–Kier alpha value is -2.27. The molecule has 0 saturated carbocycles. The predicted molar refractivity (Wildman–Crippen MR) is 91.5 cm³/mol. The van der Waals surface area contributed by atoms with Crippen LogP contribution in [0.1, 0.15) is 11.1 Å². The van der Waals surface area contributed by atoms with Crippen molar-refractivity contribution in [1.29, 1.82) is 0 Å². The molecule has 0 amide bonds. The highest BCUT2D eigenvalue weighted by atomic mass is 32.2. The molecule has 120 valence electrons. The van der Waals surface area contributed by atoms with Crippen LogP contribution >= 0.6 is 0 Å². The Balaban J connectivity index is 2.09. The standard InChI is InChI=1S/C18H19NO3S/c1-14-6-9-17(10-7-14)23(20,21)19-12-4-3-5-15-13-16(22-2)8-11-18(15)19/h3-4,6-11,13H,5,12H2,1-2H3. The van der Waals surface area contributed by atoms with Crippen LogP contribution in [0.4, 0.5) is 5.69 Å². The molecule has 2 aromatic carbocycles. The number of nitrogens with zero attached hydrogens (tertiary/aromatic N) is 1. The number of hydrogen-bond acceptors (Lipinski definition) is 3. The molecule has 0 aromatic heterocycles. The number of benzene rings is 2. The van der Waals surface area contributed by atoms with Crippen molar-refractivity contribution in [2.75, 3.05) is 18.0 Å². The fourth-order valence-electron chi connectivity index (χ4n) is 2.64. The number of hydrogen-bond donors (Lipinski definition) is 0. The minimum atomic E-state index is -3.59. The van der Waals surface area contributed by atoms with E-state index in [9.17, 15) is 8.42 Å². The van der Waals surface area contributed by atoms with E-state index in [1.807, 2.05) is 43.3 Å². The fourth-order valence-corrected chi connectivity index (χ4v) is 4.09. The first kappa shape index (κ1) is 15.6. The zero-order valence-electron chi connectivity index (χ0n) is 13.2. The summed E-state index contributed by atoms with van der Waals surface area (Å²) >= 11 is 0. The van der Waals surface area contributed by atoms with Gasteiger partial charge >= 0.3 is 0 Å². The van der Waals surface area contributed by atoms with Gasteiger partial charge in [0, 0.05) is 0 Å². The van der Waals surface area contributed by atoms with Gasteiger partial charge in [-0.3, -0.25) is 4.31 Å². The van der Waals surface area contributed by atoms with Gasteiger partial charge in [-0.1, -0.05) is 29.8 Å². The average Bonchev–Trinajstić information content (AvgIpc) is 2.77. The van der Waals surface area contributed by atoms with Crippen LogP contribution in [-0.4, -0.2) is 22.1 Å². The Bertz CT molecular complexity index is 839. The van der Waals surface area contributed by atoms with E-state index < -0.39 is 10.0 Å². The molecule has 0 bridgehead atoms. The first-order valence-electron chi connectivity index (χ1n) is 7.44. The maximum absolute atomic E-state index is 13.0. The Morgan fingerprint density at radius 2 is 1.78 bits per heavy atom. The average molecular weight is 329 g/mol. The first-order valence-corrected chi connectivity index (χ1v) is 8.88. The molecular formula is C18H19NO3S. The van der Waals surface area contributed by atoms with Gasteiger partial charge < -0.3 is 4.74 Å². The van der Waals surface area contributed by atoms with Crippen LogP contribution in [0.25, 0.3) is 0 Å². The third-order valence-electron chi connectivity index (χ3n) is 3.94. The minimum absolute atomic E-state index is 0.306. The maximum atomic E-state index is 13.0. The molecule has 3 rings (SSSR count). The van der Waals surface area contributed by atoms with Gasteiger partial charge in [0.15, 0.2) is 0 Å². The van der Waals surface area contributed by atoms with Crippen molar-refractivity contribution in [2.24, 2.45) is 0 Å². The number of anilines is 1. The lowest BCUT2D eigenvalue weighted by molar-refractivity contribution is 0.414. The van der Waals surface area contributed by atoms with Crippen LogP contribution in [-0.2, 0) is 16.4 Å². The van der Waals surface area contributed by atoms with Crippen molar-refractivity contribution in [1.82, 2.24) is 0 Å². The van der Waals surface area contributed by atoms with E-state index in [1.165, 1.54) is 4.31 Å². The number of rotatable bonds is 3. The van der Waals surface area contributed by atoms with Crippen molar-refractivity contribution < 1.29 is 13.2 Å². The summed E-state index contributed by atoms with van der Waals surface area (Å²) in [6.07, 6.45) is 4.56. The molecule has 0 atom stereocenters. The van der Waals surface area contributed by atoms with Gasteiger partial charge in [0.1, 0.15) is 5.75 Å². The van der Waals surface area contributed by atoms with Crippen molar-refractivity contribution >= 4 is 15.7 Å². The van der Waals surface area contributed by atoms with E-state index in [0.717, 1.165) is 16.9 Å². The summed E-state index contributed by atoms with van der Waals surface area (Å²) in [4.78, 5) is 0.306. The number of aryl methyl sites for hydroxylation is 1. The predicted octanol–water partition coefficient (Wildman–Crippen LogP) is 3.31. The lowest BCUT2D eigenvalue weighted by Gasteiger charge is -2.24. The third-order valence-corrected chi connectivity index (χ3v) is 5.73. The number of allylic oxidation sites excluding steroid dienone is 1. The summed E-state index contributed by atoms with van der Waals surface area (Å²) in [7, 11) is -1.99. The van der Waals surface area contributed by atoms with Crippen LogP contribution in [0.15, 0.2) is 59.5 Å². The first-order chi connectivity index (χ1) is 11.0. The van der Waals surface area contributed by atoms with Crippen molar-refractivity contribution in [2.45, 2.75) is 18.2 Å². The summed E-state index contributed by atoms with van der Waals surface area (Å²) in [5.74, 6) is 0.728. The second-order valence-corrected chi connectivity index (χ2v) is 7.38. The molecule has 1 aliphatic heterocycles. The van der Waals surface area contributed by atoms with Gasteiger partial charge in [-0.2, -0.15) is 0 Å². The van der Waals surface area contributed by atoms with Gasteiger partial charge in [-0.15, -0.1) is 0 Å². The van der Waals surface area contributed by atoms with Crippen LogP contribution in [0, 0.1) is 6.92 Å². The van der Waals surface area contributed by atoms with Gasteiger partial charge in [-0.25, -0.2) is 8.42 Å². The number of sulfonamides is 1. The van der Waals surface area contributed by atoms with Gasteiger partial charge in [0.25, 0.3) is 10.0 Å². The quantitative estimate of drug-likeness (QED) is 0.812. The molecule has 5 heteroatoms. The molecule has 0 radical (unpaired) electrons. The fraction of sp³-hybridized carbons (Fsp3) is 0.222. The summed E-state index contributed by atoms with van der Waals surface area (Å²) in [6, 6.07) is 12.4. The smallest absolute Gasteiger partial charge is 0.264 e. The zero-order chi connectivity index (χ0) is 16.4. The Labute approximate surface area is 137 Å². The molecule has 23 heavy (non-hydrogen) atoms. The molecule has 0 fully saturated rings. The highest BCUT2D eigenvalue weighted by Gasteiger charge is 2.26. The third kappa shape index (κ3) is 2.97. The van der Waals surface area contributed by atoms with E-state index in [-0.39, 0.29) is 0 Å². The highest BCUT2D eigenvalue weighted by Crippen LogP contribution is 2.32. The summed E-state index contributed by atoms with van der Waals surface area (Å²) in [6.45, 7) is 2.27. The SMILES string of the molecule is COc1ccc2c(c1)CC=CCN2S(=O)(=O)c1ccc(C)cc1. The van der Waals surface area contributed by atoms with Crippen LogP contribution in [0.3, 0.4) is 0 Å². The molecule has 2 aromatic rings. The molecule has 1 aliphatic rings. The summed E-state index contributed by atoms with van der Waals surface area (Å²) < 4.78 is 32.8. The topological polar surface area (TPSA) is 46.6 Å². The van der Waals surface area contributed by atoms with E-state index in [2.05, 4.69) is 0 Å². The van der Waals surface area contributed by atoms with Crippen LogP contribution in [0.5, 0.6) is 5.75 Å². The molecule has 0 unspecified atom stereocenters. The van der Waals surface area contributed by atoms with Gasteiger partial charge in [0.2, 0.25) is 0 Å².